The Balaban J connectivity index is 1.98. The minimum absolute atomic E-state index is 0.110. The average Bonchev–Trinajstić information content (AvgIpc) is 2.92. The number of hydrogen-bond donors (Lipinski definition) is 2. The van der Waals surface area contributed by atoms with E-state index in [0.29, 0.717) is 17.5 Å². The number of benzene rings is 1. The van der Waals surface area contributed by atoms with Gasteiger partial charge in [-0.3, -0.25) is 4.79 Å². The molecule has 0 saturated heterocycles. The standard InChI is InChI=1S/C17H23N5O2S/c1-5-8-19-16(23)13(4)25-17-21-20-15(22(17)18)10-24-14-7-6-11(2)9-12(14)3/h5-7,9,13H,1,8,10,18H2,2-4H3,(H,19,23)/t13-/m0/s1. The first kappa shape index (κ1) is 18.9. The summed E-state index contributed by atoms with van der Waals surface area (Å²) in [7, 11) is 0. The molecule has 0 radical (unpaired) electrons. The van der Waals surface area contributed by atoms with E-state index in [2.05, 4.69) is 22.1 Å². The van der Waals surface area contributed by atoms with Crippen LogP contribution in [-0.2, 0) is 11.4 Å². The lowest BCUT2D eigenvalue weighted by atomic mass is 10.1. The quantitative estimate of drug-likeness (QED) is 0.424. The molecular formula is C17H23N5O2S. The highest BCUT2D eigenvalue weighted by Crippen LogP contribution is 2.22. The lowest BCUT2D eigenvalue weighted by Gasteiger charge is -2.11. The van der Waals surface area contributed by atoms with Crippen LogP contribution >= 0.6 is 11.8 Å². The van der Waals surface area contributed by atoms with Crippen LogP contribution in [0.15, 0.2) is 36.0 Å². The van der Waals surface area contributed by atoms with Crippen molar-refractivity contribution in [2.24, 2.45) is 0 Å². The van der Waals surface area contributed by atoms with E-state index in [1.165, 1.54) is 22.0 Å². The zero-order valence-electron chi connectivity index (χ0n) is 14.7. The Morgan fingerprint density at radius 1 is 1.48 bits per heavy atom. The molecule has 1 atom stereocenters. The maximum absolute atomic E-state index is 11.9. The second-order valence-corrected chi connectivity index (χ2v) is 6.93. The van der Waals surface area contributed by atoms with E-state index < -0.39 is 0 Å². The molecule has 0 spiro atoms. The van der Waals surface area contributed by atoms with Crippen molar-refractivity contribution < 1.29 is 9.53 Å². The van der Waals surface area contributed by atoms with E-state index in [0.717, 1.165) is 11.3 Å². The van der Waals surface area contributed by atoms with Gasteiger partial charge in [0.2, 0.25) is 11.1 Å². The van der Waals surface area contributed by atoms with E-state index >= 15 is 0 Å². The summed E-state index contributed by atoms with van der Waals surface area (Å²) >= 11 is 1.24. The Bertz CT molecular complexity index is 759. The molecule has 0 aliphatic heterocycles. The van der Waals surface area contributed by atoms with Crippen molar-refractivity contribution in [3.63, 3.8) is 0 Å². The van der Waals surface area contributed by atoms with Crippen molar-refractivity contribution in [3.05, 3.63) is 47.8 Å². The topological polar surface area (TPSA) is 95.1 Å². The van der Waals surface area contributed by atoms with Crippen molar-refractivity contribution in [2.75, 3.05) is 12.4 Å². The lowest BCUT2D eigenvalue weighted by molar-refractivity contribution is -0.120. The van der Waals surface area contributed by atoms with Crippen LogP contribution in [0.3, 0.4) is 0 Å². The largest absolute Gasteiger partial charge is 0.485 e. The number of nitrogens with two attached hydrogens (primary N) is 1. The summed E-state index contributed by atoms with van der Waals surface area (Å²) < 4.78 is 7.13. The van der Waals surface area contributed by atoms with Crippen LogP contribution in [0.2, 0.25) is 0 Å². The second kappa shape index (κ2) is 8.57. The Morgan fingerprint density at radius 3 is 2.92 bits per heavy atom. The molecule has 3 N–H and O–H groups in total. The summed E-state index contributed by atoms with van der Waals surface area (Å²) in [6, 6.07) is 5.96. The number of nitrogen functional groups attached to an aromatic ring is 1. The predicted octanol–water partition coefficient (Wildman–Crippen LogP) is 1.97. The molecule has 8 heteroatoms. The van der Waals surface area contributed by atoms with Crippen LogP contribution in [0.5, 0.6) is 5.75 Å². The first-order valence-corrected chi connectivity index (χ1v) is 8.75. The molecule has 7 nitrogen and oxygen atoms in total. The number of rotatable bonds is 8. The van der Waals surface area contributed by atoms with E-state index in [9.17, 15) is 4.79 Å². The maximum Gasteiger partial charge on any atom is 0.233 e. The molecule has 0 aliphatic rings. The van der Waals surface area contributed by atoms with Crippen molar-refractivity contribution in [1.82, 2.24) is 20.2 Å². The van der Waals surface area contributed by atoms with E-state index in [4.69, 9.17) is 10.6 Å². The third-order valence-corrected chi connectivity index (χ3v) is 4.55. The maximum atomic E-state index is 11.9. The van der Waals surface area contributed by atoms with Crippen LogP contribution in [0.25, 0.3) is 0 Å². The molecule has 0 aliphatic carbocycles. The third kappa shape index (κ3) is 4.99. The van der Waals surface area contributed by atoms with Gasteiger partial charge in [-0.15, -0.1) is 16.8 Å². The summed E-state index contributed by atoms with van der Waals surface area (Å²) in [6.45, 7) is 9.99. The molecule has 0 saturated carbocycles. The molecule has 2 rings (SSSR count). The number of amides is 1. The molecule has 1 aromatic carbocycles. The number of carbonyl (C=O) groups excluding carboxylic acids is 1. The zero-order valence-corrected chi connectivity index (χ0v) is 15.5. The number of nitrogens with zero attached hydrogens (tertiary/aromatic N) is 3. The number of ether oxygens (including phenoxy) is 1. The van der Waals surface area contributed by atoms with Gasteiger partial charge in [-0.1, -0.05) is 35.5 Å². The van der Waals surface area contributed by atoms with E-state index in [1.54, 1.807) is 13.0 Å². The number of hydrogen-bond acceptors (Lipinski definition) is 6. The highest BCUT2D eigenvalue weighted by molar-refractivity contribution is 8.00. The van der Waals surface area contributed by atoms with Gasteiger partial charge in [0.1, 0.15) is 12.4 Å². The molecule has 1 heterocycles. The molecule has 25 heavy (non-hydrogen) atoms. The number of thioether (sulfide) groups is 1. The number of aromatic nitrogens is 3. The Hall–Kier alpha value is -2.48. The molecular weight excluding hydrogens is 338 g/mol. The highest BCUT2D eigenvalue weighted by Gasteiger charge is 2.19. The molecule has 1 aromatic heterocycles. The monoisotopic (exact) mass is 361 g/mol. The number of carbonyl (C=O) groups is 1. The molecule has 0 unspecified atom stereocenters. The lowest BCUT2D eigenvalue weighted by Crippen LogP contribution is -2.31. The predicted molar refractivity (Wildman–Crippen MR) is 98.9 cm³/mol. The molecule has 1 amide bonds. The van der Waals surface area contributed by atoms with Crippen LogP contribution in [0.1, 0.15) is 23.9 Å². The van der Waals surface area contributed by atoms with Crippen molar-refractivity contribution in [3.8, 4) is 5.75 Å². The van der Waals surface area contributed by atoms with E-state index in [-0.39, 0.29) is 17.8 Å². The van der Waals surface area contributed by atoms with Crippen molar-refractivity contribution >= 4 is 17.7 Å². The highest BCUT2D eigenvalue weighted by atomic mass is 32.2. The molecule has 0 fully saturated rings. The van der Waals surface area contributed by atoms with Crippen LogP contribution in [-0.4, -0.2) is 32.6 Å². The minimum Gasteiger partial charge on any atom is -0.485 e. The smallest absolute Gasteiger partial charge is 0.233 e. The van der Waals surface area contributed by atoms with Crippen LogP contribution < -0.4 is 15.9 Å². The van der Waals surface area contributed by atoms with Gasteiger partial charge in [0.05, 0.1) is 5.25 Å². The van der Waals surface area contributed by atoms with Gasteiger partial charge in [-0.25, -0.2) is 4.68 Å². The number of nitrogens with one attached hydrogen (secondary N) is 1. The van der Waals surface area contributed by atoms with Crippen LogP contribution in [0, 0.1) is 13.8 Å². The fraction of sp³-hybridized carbons (Fsp3) is 0.353. The average molecular weight is 361 g/mol. The molecule has 2 aromatic rings. The fourth-order valence-corrected chi connectivity index (χ4v) is 2.93. The summed E-state index contributed by atoms with van der Waals surface area (Å²) in [5, 5.41) is 10.9. The normalized spacial score (nSPS) is 11.8. The first-order valence-electron chi connectivity index (χ1n) is 7.87. The summed E-state index contributed by atoms with van der Waals surface area (Å²) in [5.74, 6) is 7.18. The second-order valence-electron chi connectivity index (χ2n) is 5.62. The van der Waals surface area contributed by atoms with Gasteiger partial charge in [0, 0.05) is 6.54 Å². The van der Waals surface area contributed by atoms with Crippen molar-refractivity contribution in [2.45, 2.75) is 37.8 Å². The third-order valence-electron chi connectivity index (χ3n) is 3.49. The molecule has 0 bridgehead atoms. The zero-order chi connectivity index (χ0) is 18.4. The van der Waals surface area contributed by atoms with Gasteiger partial charge in [-0.2, -0.15) is 0 Å². The Kier molecular flexibility index (Phi) is 6.46. The van der Waals surface area contributed by atoms with Gasteiger partial charge < -0.3 is 15.9 Å². The van der Waals surface area contributed by atoms with Gasteiger partial charge >= 0.3 is 0 Å². The Labute approximate surface area is 151 Å². The van der Waals surface area contributed by atoms with Crippen molar-refractivity contribution in [1.29, 1.82) is 0 Å². The Morgan fingerprint density at radius 2 is 2.24 bits per heavy atom. The van der Waals surface area contributed by atoms with Gasteiger partial charge in [0.25, 0.3) is 0 Å². The summed E-state index contributed by atoms with van der Waals surface area (Å²) in [4.78, 5) is 11.9. The molecule has 134 valence electrons. The van der Waals surface area contributed by atoms with Gasteiger partial charge in [-0.05, 0) is 32.4 Å². The van der Waals surface area contributed by atoms with Gasteiger partial charge in [0.15, 0.2) is 5.82 Å². The number of aryl methyl sites for hydroxylation is 2. The van der Waals surface area contributed by atoms with E-state index in [1.807, 2.05) is 32.0 Å². The minimum atomic E-state index is -0.348. The first-order chi connectivity index (χ1) is 11.9. The summed E-state index contributed by atoms with van der Waals surface area (Å²) in [6.07, 6.45) is 1.63. The fourth-order valence-electron chi connectivity index (χ4n) is 2.12. The van der Waals surface area contributed by atoms with Crippen LogP contribution in [0.4, 0.5) is 0 Å². The summed E-state index contributed by atoms with van der Waals surface area (Å²) in [5.41, 5.74) is 2.22. The SMILES string of the molecule is C=CCNC(=O)[C@H](C)Sc1nnc(COc2ccc(C)cc2C)n1N.